The standard InChI is InChI=1S/C21H18Cl3NO5/c1-29-8-7-25-18(11-3-5-13(22)14(23)9-11)17(20(27)21(25)28)19(26)12-4-6-16(30-2)15(24)10-12/h3-6,9-10,18,26H,7-8H2,1-2H3/b19-17-. The van der Waals surface area contributed by atoms with E-state index in [2.05, 4.69) is 0 Å². The highest BCUT2D eigenvalue weighted by molar-refractivity contribution is 6.47. The summed E-state index contributed by atoms with van der Waals surface area (Å²) in [6.07, 6.45) is 0. The predicted octanol–water partition coefficient (Wildman–Crippen LogP) is 4.72. The average Bonchev–Trinajstić information content (AvgIpc) is 2.98. The van der Waals surface area contributed by atoms with Crippen LogP contribution in [0.2, 0.25) is 15.1 Å². The monoisotopic (exact) mass is 469 g/mol. The third-order valence-electron chi connectivity index (χ3n) is 4.76. The van der Waals surface area contributed by atoms with Crippen molar-refractivity contribution >= 4 is 52.3 Å². The van der Waals surface area contributed by atoms with Gasteiger partial charge in [-0.05, 0) is 35.9 Å². The zero-order valence-electron chi connectivity index (χ0n) is 16.1. The molecule has 158 valence electrons. The molecule has 1 heterocycles. The molecule has 0 radical (unpaired) electrons. The Kier molecular flexibility index (Phi) is 6.93. The van der Waals surface area contributed by atoms with Crippen LogP contribution < -0.4 is 4.74 Å². The number of benzene rings is 2. The molecule has 0 aliphatic carbocycles. The molecule has 2 aromatic rings. The number of amides is 1. The van der Waals surface area contributed by atoms with Crippen molar-refractivity contribution in [2.75, 3.05) is 27.4 Å². The fourth-order valence-corrected chi connectivity index (χ4v) is 3.86. The minimum atomic E-state index is -0.865. The van der Waals surface area contributed by atoms with Crippen molar-refractivity contribution in [1.82, 2.24) is 4.90 Å². The van der Waals surface area contributed by atoms with Crippen LogP contribution in [0.4, 0.5) is 0 Å². The summed E-state index contributed by atoms with van der Waals surface area (Å²) in [5.41, 5.74) is 0.729. The maximum absolute atomic E-state index is 12.9. The van der Waals surface area contributed by atoms with E-state index in [1.807, 2.05) is 0 Å². The normalized spacial score (nSPS) is 18.2. The number of carbonyl (C=O) groups excluding carboxylic acids is 2. The number of likely N-dealkylation sites (tertiary alicyclic amines) is 1. The molecule has 1 unspecified atom stereocenters. The number of carbonyl (C=O) groups is 2. The summed E-state index contributed by atoms with van der Waals surface area (Å²) >= 11 is 18.3. The zero-order valence-corrected chi connectivity index (χ0v) is 18.4. The van der Waals surface area contributed by atoms with Gasteiger partial charge in [0.1, 0.15) is 11.5 Å². The van der Waals surface area contributed by atoms with Gasteiger partial charge in [0.2, 0.25) is 0 Å². The number of hydrogen-bond acceptors (Lipinski definition) is 5. The molecule has 3 rings (SSSR count). The van der Waals surface area contributed by atoms with E-state index in [-0.39, 0.29) is 40.1 Å². The molecule has 1 N–H and O–H groups in total. The minimum absolute atomic E-state index is 0.0734. The van der Waals surface area contributed by atoms with Crippen molar-refractivity contribution in [3.05, 3.63) is 68.2 Å². The van der Waals surface area contributed by atoms with E-state index < -0.39 is 17.7 Å². The molecule has 6 nitrogen and oxygen atoms in total. The lowest BCUT2D eigenvalue weighted by Crippen LogP contribution is -2.32. The molecule has 1 amide bonds. The number of hydrogen-bond donors (Lipinski definition) is 1. The fraction of sp³-hybridized carbons (Fsp3) is 0.238. The van der Waals surface area contributed by atoms with Gasteiger partial charge in [0, 0.05) is 19.2 Å². The Hall–Kier alpha value is -2.25. The van der Waals surface area contributed by atoms with Crippen LogP contribution >= 0.6 is 34.8 Å². The third kappa shape index (κ3) is 4.14. The van der Waals surface area contributed by atoms with E-state index in [0.29, 0.717) is 16.3 Å². The predicted molar refractivity (Wildman–Crippen MR) is 115 cm³/mol. The maximum atomic E-state index is 12.9. The second-order valence-corrected chi connectivity index (χ2v) is 7.73. The molecule has 1 saturated heterocycles. The Morgan fingerprint density at radius 3 is 2.37 bits per heavy atom. The summed E-state index contributed by atoms with van der Waals surface area (Å²) in [7, 11) is 2.95. The number of nitrogens with zero attached hydrogens (tertiary/aromatic N) is 1. The third-order valence-corrected chi connectivity index (χ3v) is 5.80. The summed E-state index contributed by atoms with van der Waals surface area (Å²) in [6.45, 7) is 0.353. The highest BCUT2D eigenvalue weighted by Gasteiger charge is 2.46. The summed E-state index contributed by atoms with van der Waals surface area (Å²) in [4.78, 5) is 26.9. The van der Waals surface area contributed by atoms with Crippen LogP contribution in [0.25, 0.3) is 5.76 Å². The molecule has 30 heavy (non-hydrogen) atoms. The Labute approximate surface area is 188 Å². The number of methoxy groups -OCH3 is 2. The number of Topliss-reactive ketones (excluding diaryl/α,β-unsaturated/α-hetero) is 1. The van der Waals surface area contributed by atoms with Crippen LogP contribution in [0.5, 0.6) is 5.75 Å². The van der Waals surface area contributed by atoms with Gasteiger partial charge in [-0.3, -0.25) is 9.59 Å². The largest absolute Gasteiger partial charge is 0.507 e. The number of rotatable bonds is 6. The van der Waals surface area contributed by atoms with Crippen LogP contribution in [0.1, 0.15) is 17.2 Å². The van der Waals surface area contributed by atoms with Crippen molar-refractivity contribution in [2.45, 2.75) is 6.04 Å². The first-order valence-electron chi connectivity index (χ1n) is 8.86. The molecular weight excluding hydrogens is 453 g/mol. The highest BCUT2D eigenvalue weighted by atomic mass is 35.5. The molecule has 0 spiro atoms. The topological polar surface area (TPSA) is 76.1 Å². The molecule has 0 bridgehead atoms. The Morgan fingerprint density at radius 2 is 1.77 bits per heavy atom. The van der Waals surface area contributed by atoms with Gasteiger partial charge in [-0.1, -0.05) is 40.9 Å². The number of aliphatic hydroxyl groups excluding tert-OH is 1. The van der Waals surface area contributed by atoms with Gasteiger partial charge in [0.05, 0.1) is 40.4 Å². The van der Waals surface area contributed by atoms with Crippen molar-refractivity contribution < 1.29 is 24.2 Å². The van der Waals surface area contributed by atoms with Gasteiger partial charge >= 0.3 is 0 Å². The summed E-state index contributed by atoms with van der Waals surface area (Å²) < 4.78 is 10.2. The van der Waals surface area contributed by atoms with Crippen molar-refractivity contribution in [3.8, 4) is 5.75 Å². The van der Waals surface area contributed by atoms with Crippen LogP contribution in [0.3, 0.4) is 0 Å². The van der Waals surface area contributed by atoms with Gasteiger partial charge in [0.25, 0.3) is 11.7 Å². The smallest absolute Gasteiger partial charge is 0.295 e. The zero-order chi connectivity index (χ0) is 22.0. The second kappa shape index (κ2) is 9.27. The lowest BCUT2D eigenvalue weighted by atomic mass is 9.95. The maximum Gasteiger partial charge on any atom is 0.295 e. The Balaban J connectivity index is 2.19. The Morgan fingerprint density at radius 1 is 1.03 bits per heavy atom. The van der Waals surface area contributed by atoms with Gasteiger partial charge in [0.15, 0.2) is 0 Å². The number of halogens is 3. The lowest BCUT2D eigenvalue weighted by Gasteiger charge is -2.25. The highest BCUT2D eigenvalue weighted by Crippen LogP contribution is 2.41. The first kappa shape index (κ1) is 22.4. The summed E-state index contributed by atoms with van der Waals surface area (Å²) in [6, 6.07) is 8.49. The first-order chi connectivity index (χ1) is 14.3. The molecule has 0 aromatic heterocycles. The van der Waals surface area contributed by atoms with E-state index in [9.17, 15) is 14.7 Å². The van der Waals surface area contributed by atoms with E-state index in [1.165, 1.54) is 25.2 Å². The minimum Gasteiger partial charge on any atom is -0.507 e. The quantitative estimate of drug-likeness (QED) is 0.375. The van der Waals surface area contributed by atoms with Gasteiger partial charge in [-0.2, -0.15) is 0 Å². The number of ether oxygens (including phenoxy) is 2. The number of ketones is 1. The SMILES string of the molecule is COCCN1C(=O)C(=O)/C(=C(\O)c2ccc(OC)c(Cl)c2)C1c1ccc(Cl)c(Cl)c1. The first-order valence-corrected chi connectivity index (χ1v) is 9.99. The van der Waals surface area contributed by atoms with Crippen LogP contribution in [-0.2, 0) is 14.3 Å². The van der Waals surface area contributed by atoms with Crippen LogP contribution in [0, 0.1) is 0 Å². The van der Waals surface area contributed by atoms with Gasteiger partial charge in [-0.15, -0.1) is 0 Å². The molecule has 9 heteroatoms. The summed E-state index contributed by atoms with van der Waals surface area (Å²) in [5.74, 6) is -1.50. The molecule has 1 aliphatic heterocycles. The molecule has 0 saturated carbocycles. The van der Waals surface area contributed by atoms with E-state index in [1.54, 1.807) is 30.3 Å². The van der Waals surface area contributed by atoms with Crippen molar-refractivity contribution in [2.24, 2.45) is 0 Å². The van der Waals surface area contributed by atoms with Crippen molar-refractivity contribution in [3.63, 3.8) is 0 Å². The summed E-state index contributed by atoms with van der Waals surface area (Å²) in [5, 5.41) is 11.8. The van der Waals surface area contributed by atoms with Gasteiger partial charge < -0.3 is 19.5 Å². The number of aliphatic hydroxyl groups is 1. The second-order valence-electron chi connectivity index (χ2n) is 6.51. The average molecular weight is 471 g/mol. The van der Waals surface area contributed by atoms with E-state index in [4.69, 9.17) is 44.3 Å². The van der Waals surface area contributed by atoms with Crippen molar-refractivity contribution in [1.29, 1.82) is 0 Å². The molecule has 1 fully saturated rings. The lowest BCUT2D eigenvalue weighted by molar-refractivity contribution is -0.140. The Bertz CT molecular complexity index is 1040. The van der Waals surface area contributed by atoms with E-state index >= 15 is 0 Å². The van der Waals surface area contributed by atoms with Gasteiger partial charge in [-0.25, -0.2) is 0 Å². The molecule has 1 aliphatic rings. The van der Waals surface area contributed by atoms with Crippen LogP contribution in [0.15, 0.2) is 42.0 Å². The molecular formula is C21H18Cl3NO5. The molecule has 1 atom stereocenters. The fourth-order valence-electron chi connectivity index (χ4n) is 3.30. The molecule has 2 aromatic carbocycles. The van der Waals surface area contributed by atoms with Crippen LogP contribution in [-0.4, -0.2) is 49.1 Å². The van der Waals surface area contributed by atoms with E-state index in [0.717, 1.165) is 0 Å².